The third kappa shape index (κ3) is 3.67. The number of hydrogen-bond donors (Lipinski definition) is 1. The molecular weight excluding hydrogens is 222 g/mol. The molecule has 1 atom stereocenters. The fourth-order valence-corrected chi connectivity index (χ4v) is 3.24. The topological polar surface area (TPSA) is 38.3 Å². The summed E-state index contributed by atoms with van der Waals surface area (Å²) in [5.74, 6) is 1.94. The summed E-state index contributed by atoms with van der Waals surface area (Å²) in [5.41, 5.74) is 0. The van der Waals surface area contributed by atoms with E-state index in [1.807, 2.05) is 11.8 Å². The van der Waals surface area contributed by atoms with Crippen molar-refractivity contribution < 1.29 is 9.53 Å². The van der Waals surface area contributed by atoms with Crippen LogP contribution in [0.2, 0.25) is 0 Å². The van der Waals surface area contributed by atoms with Crippen LogP contribution in [0.25, 0.3) is 0 Å². The third-order valence-electron chi connectivity index (χ3n) is 3.29. The van der Waals surface area contributed by atoms with E-state index in [4.69, 9.17) is 4.74 Å². The number of hydrogen-bond acceptors (Lipinski definition) is 4. The number of nitrogens with one attached hydrogen (secondary N) is 1. The summed E-state index contributed by atoms with van der Waals surface area (Å²) in [6.07, 6.45) is 7.33. The van der Waals surface area contributed by atoms with Gasteiger partial charge in [0.05, 0.1) is 0 Å². The quantitative estimate of drug-likeness (QED) is 0.594. The van der Waals surface area contributed by atoms with Crippen molar-refractivity contribution in [1.82, 2.24) is 5.32 Å². The molecule has 0 radical (unpaired) electrons. The maximum atomic E-state index is 11.9. The van der Waals surface area contributed by atoms with Crippen LogP contribution in [-0.4, -0.2) is 36.2 Å². The van der Waals surface area contributed by atoms with Gasteiger partial charge in [0.2, 0.25) is 0 Å². The van der Waals surface area contributed by atoms with Gasteiger partial charge in [0.15, 0.2) is 0 Å². The van der Waals surface area contributed by atoms with Crippen LogP contribution in [0, 0.1) is 0 Å². The van der Waals surface area contributed by atoms with Crippen LogP contribution in [0.5, 0.6) is 0 Å². The number of carbonyl (C=O) groups is 1. The second-order valence-corrected chi connectivity index (χ2v) is 5.78. The molecule has 1 unspecified atom stereocenters. The Hall–Kier alpha value is -0.220. The zero-order valence-corrected chi connectivity index (χ0v) is 10.6. The molecule has 2 aliphatic rings. The molecule has 1 aliphatic carbocycles. The van der Waals surface area contributed by atoms with Gasteiger partial charge in [-0.25, -0.2) is 0 Å². The lowest BCUT2D eigenvalue weighted by atomic mass is 10.1. The van der Waals surface area contributed by atoms with E-state index in [-0.39, 0.29) is 18.1 Å². The summed E-state index contributed by atoms with van der Waals surface area (Å²) >= 11 is 1.83. The molecule has 0 bridgehead atoms. The molecule has 92 valence electrons. The molecule has 0 aromatic heterocycles. The molecule has 1 N–H and O–H groups in total. The molecular formula is C12H21NO2S. The molecule has 0 aromatic carbocycles. The van der Waals surface area contributed by atoms with Gasteiger partial charge < -0.3 is 10.1 Å². The highest BCUT2D eigenvalue weighted by atomic mass is 32.2. The van der Waals surface area contributed by atoms with E-state index >= 15 is 0 Å². The second kappa shape index (κ2) is 6.50. The summed E-state index contributed by atoms with van der Waals surface area (Å²) in [6, 6.07) is -0.0676. The second-order valence-electron chi connectivity index (χ2n) is 4.63. The Bertz CT molecular complexity index is 221. The largest absolute Gasteiger partial charge is 0.461 e. The van der Waals surface area contributed by atoms with Crippen LogP contribution in [0.4, 0.5) is 0 Å². The van der Waals surface area contributed by atoms with E-state index in [9.17, 15) is 4.79 Å². The molecule has 2 fully saturated rings. The van der Waals surface area contributed by atoms with Gasteiger partial charge in [-0.2, -0.15) is 11.8 Å². The van der Waals surface area contributed by atoms with Gasteiger partial charge in [-0.3, -0.25) is 4.79 Å². The standard InChI is InChI=1S/C12H21NO2S/c14-12(11-9-16-8-7-13-11)15-10-5-3-1-2-4-6-10/h10-11,13H,1-9H2. The van der Waals surface area contributed by atoms with Gasteiger partial charge in [-0.05, 0) is 25.7 Å². The molecule has 1 aliphatic heterocycles. The molecule has 3 nitrogen and oxygen atoms in total. The predicted molar refractivity (Wildman–Crippen MR) is 66.7 cm³/mol. The van der Waals surface area contributed by atoms with Crippen molar-refractivity contribution in [3.63, 3.8) is 0 Å². The molecule has 0 amide bonds. The molecule has 1 saturated heterocycles. The van der Waals surface area contributed by atoms with Crippen molar-refractivity contribution in [3.8, 4) is 0 Å². The normalized spacial score (nSPS) is 28.4. The summed E-state index contributed by atoms with van der Waals surface area (Å²) in [6.45, 7) is 0.926. The SMILES string of the molecule is O=C(OC1CCCCCC1)C1CSCCN1. The zero-order chi connectivity index (χ0) is 11.2. The smallest absolute Gasteiger partial charge is 0.324 e. The van der Waals surface area contributed by atoms with Crippen LogP contribution in [0.15, 0.2) is 0 Å². The Morgan fingerprint density at radius 1 is 1.19 bits per heavy atom. The Morgan fingerprint density at radius 2 is 1.94 bits per heavy atom. The lowest BCUT2D eigenvalue weighted by Gasteiger charge is -2.24. The maximum Gasteiger partial charge on any atom is 0.324 e. The van der Waals surface area contributed by atoms with Crippen LogP contribution in [0.1, 0.15) is 38.5 Å². The lowest BCUT2D eigenvalue weighted by Crippen LogP contribution is -2.45. The van der Waals surface area contributed by atoms with Crippen LogP contribution < -0.4 is 5.32 Å². The van der Waals surface area contributed by atoms with Crippen molar-refractivity contribution in [2.24, 2.45) is 0 Å². The Morgan fingerprint density at radius 3 is 2.56 bits per heavy atom. The number of thioether (sulfide) groups is 1. The summed E-state index contributed by atoms with van der Waals surface area (Å²) in [5, 5.41) is 3.23. The number of carbonyl (C=O) groups excluding carboxylic acids is 1. The number of ether oxygens (including phenoxy) is 1. The maximum absolute atomic E-state index is 11.9. The fraction of sp³-hybridized carbons (Fsp3) is 0.917. The number of esters is 1. The van der Waals surface area contributed by atoms with E-state index in [1.54, 1.807) is 0 Å². The van der Waals surface area contributed by atoms with Crippen molar-refractivity contribution in [3.05, 3.63) is 0 Å². The highest BCUT2D eigenvalue weighted by molar-refractivity contribution is 7.99. The lowest BCUT2D eigenvalue weighted by molar-refractivity contribution is -0.151. The Balaban J connectivity index is 1.76. The van der Waals surface area contributed by atoms with Crippen molar-refractivity contribution >= 4 is 17.7 Å². The molecule has 0 spiro atoms. The summed E-state index contributed by atoms with van der Waals surface area (Å²) < 4.78 is 5.60. The Kier molecular flexibility index (Phi) is 4.97. The summed E-state index contributed by atoms with van der Waals surface area (Å²) in [7, 11) is 0. The minimum atomic E-state index is -0.0676. The van der Waals surface area contributed by atoms with E-state index < -0.39 is 0 Å². The minimum absolute atomic E-state index is 0.0286. The first-order valence-electron chi connectivity index (χ1n) is 6.38. The van der Waals surface area contributed by atoms with Crippen molar-refractivity contribution in [1.29, 1.82) is 0 Å². The first kappa shape index (κ1) is 12.2. The molecule has 4 heteroatoms. The third-order valence-corrected chi connectivity index (χ3v) is 4.35. The van der Waals surface area contributed by atoms with Gasteiger partial charge in [0.1, 0.15) is 12.1 Å². The van der Waals surface area contributed by atoms with E-state index in [0.717, 1.165) is 30.9 Å². The highest BCUT2D eigenvalue weighted by Crippen LogP contribution is 2.20. The van der Waals surface area contributed by atoms with E-state index in [1.165, 1.54) is 25.7 Å². The van der Waals surface area contributed by atoms with Gasteiger partial charge in [-0.15, -0.1) is 0 Å². The molecule has 1 saturated carbocycles. The van der Waals surface area contributed by atoms with Crippen LogP contribution in [0.3, 0.4) is 0 Å². The van der Waals surface area contributed by atoms with Gasteiger partial charge in [0, 0.05) is 18.1 Å². The average Bonchev–Trinajstić information content (AvgIpc) is 2.59. The fourth-order valence-electron chi connectivity index (χ4n) is 2.32. The molecule has 2 rings (SSSR count). The van der Waals surface area contributed by atoms with Crippen LogP contribution >= 0.6 is 11.8 Å². The van der Waals surface area contributed by atoms with E-state index in [0.29, 0.717) is 0 Å². The Labute approximate surface area is 102 Å². The van der Waals surface area contributed by atoms with Gasteiger partial charge in [-0.1, -0.05) is 12.8 Å². The number of rotatable bonds is 2. The monoisotopic (exact) mass is 243 g/mol. The van der Waals surface area contributed by atoms with Gasteiger partial charge >= 0.3 is 5.97 Å². The highest BCUT2D eigenvalue weighted by Gasteiger charge is 2.25. The zero-order valence-electron chi connectivity index (χ0n) is 9.74. The van der Waals surface area contributed by atoms with E-state index in [2.05, 4.69) is 5.32 Å². The average molecular weight is 243 g/mol. The first-order valence-corrected chi connectivity index (χ1v) is 7.53. The summed E-state index contributed by atoms with van der Waals surface area (Å²) in [4.78, 5) is 11.9. The molecule has 16 heavy (non-hydrogen) atoms. The predicted octanol–water partition coefficient (Wildman–Crippen LogP) is 1.96. The molecule has 0 aromatic rings. The minimum Gasteiger partial charge on any atom is -0.461 e. The van der Waals surface area contributed by atoms with Crippen molar-refractivity contribution in [2.75, 3.05) is 18.1 Å². The van der Waals surface area contributed by atoms with Crippen molar-refractivity contribution in [2.45, 2.75) is 50.7 Å². The molecule has 1 heterocycles. The van der Waals surface area contributed by atoms with Gasteiger partial charge in [0.25, 0.3) is 0 Å². The first-order chi connectivity index (χ1) is 7.86. The van der Waals surface area contributed by atoms with Crippen LogP contribution in [-0.2, 0) is 9.53 Å².